The number of ketones is 2. The number of hydrogen-bond donors (Lipinski definition) is 0. The molecule has 0 amide bonds. The van der Waals surface area contributed by atoms with Crippen molar-refractivity contribution in [1.82, 2.24) is 0 Å². The first-order chi connectivity index (χ1) is 14.3. The van der Waals surface area contributed by atoms with E-state index in [2.05, 4.69) is 13.8 Å². The van der Waals surface area contributed by atoms with Crippen molar-refractivity contribution in [1.29, 1.82) is 0 Å². The Morgan fingerprint density at radius 3 is 2.50 bits per heavy atom. The average molecular weight is 402 g/mol. The predicted octanol–water partition coefficient (Wildman–Crippen LogP) is 4.89. The van der Waals surface area contributed by atoms with Crippen LogP contribution < -0.4 is 14.2 Å². The molecule has 5 nitrogen and oxygen atoms in total. The monoisotopic (exact) mass is 402 g/mol. The van der Waals surface area contributed by atoms with Crippen molar-refractivity contribution < 1.29 is 23.8 Å². The van der Waals surface area contributed by atoms with Crippen LogP contribution in [0.4, 0.5) is 0 Å². The van der Waals surface area contributed by atoms with Gasteiger partial charge in [-0.3, -0.25) is 9.59 Å². The highest BCUT2D eigenvalue weighted by molar-refractivity contribution is 6.15. The molecule has 0 aromatic heterocycles. The smallest absolute Gasteiger partial charge is 0.231 e. The lowest BCUT2D eigenvalue weighted by atomic mass is 9.74. The summed E-state index contributed by atoms with van der Waals surface area (Å²) in [6.45, 7) is 4.16. The molecule has 0 radical (unpaired) electrons. The highest BCUT2D eigenvalue weighted by Gasteiger charge is 2.39. The Balaban J connectivity index is 1.49. The Kier molecular flexibility index (Phi) is 4.10. The zero-order valence-corrected chi connectivity index (χ0v) is 17.2. The largest absolute Gasteiger partial charge is 0.497 e. The van der Waals surface area contributed by atoms with Crippen LogP contribution in [0.3, 0.4) is 0 Å². The Morgan fingerprint density at radius 1 is 1.00 bits per heavy atom. The summed E-state index contributed by atoms with van der Waals surface area (Å²) in [4.78, 5) is 25.6. The molecule has 0 saturated carbocycles. The first-order valence-electron chi connectivity index (χ1n) is 10.0. The van der Waals surface area contributed by atoms with Crippen LogP contribution in [0.1, 0.15) is 48.2 Å². The maximum atomic E-state index is 12.9. The lowest BCUT2D eigenvalue weighted by molar-refractivity contribution is -0.118. The molecule has 30 heavy (non-hydrogen) atoms. The Morgan fingerprint density at radius 2 is 1.77 bits per heavy atom. The number of methoxy groups -OCH3 is 1. The van der Waals surface area contributed by atoms with Gasteiger partial charge in [0, 0.05) is 30.4 Å². The van der Waals surface area contributed by atoms with Gasteiger partial charge < -0.3 is 14.2 Å². The lowest BCUT2D eigenvalue weighted by Crippen LogP contribution is -2.30. The lowest BCUT2D eigenvalue weighted by Gasteiger charge is -2.34. The third-order valence-electron chi connectivity index (χ3n) is 5.85. The molecule has 2 heterocycles. The molecule has 0 spiro atoms. The molecule has 0 N–H and O–H groups in total. The summed E-state index contributed by atoms with van der Waals surface area (Å²) in [7, 11) is 1.61. The minimum atomic E-state index is -0.167. The number of fused-ring (bicyclic) bond motifs is 3. The summed E-state index contributed by atoms with van der Waals surface area (Å²) in [6, 6.07) is 10.9. The van der Waals surface area contributed by atoms with Crippen molar-refractivity contribution in [2.24, 2.45) is 5.41 Å². The fourth-order valence-corrected chi connectivity index (χ4v) is 4.31. The molecule has 3 aliphatic rings. The van der Waals surface area contributed by atoms with Crippen LogP contribution in [-0.2, 0) is 11.2 Å². The van der Waals surface area contributed by atoms with Gasteiger partial charge in [0.05, 0.1) is 12.7 Å². The maximum Gasteiger partial charge on any atom is 0.231 e. The van der Waals surface area contributed by atoms with E-state index in [0.29, 0.717) is 35.5 Å². The van der Waals surface area contributed by atoms with Gasteiger partial charge in [0.2, 0.25) is 5.78 Å². The maximum absolute atomic E-state index is 12.9. The van der Waals surface area contributed by atoms with E-state index in [9.17, 15) is 9.59 Å². The van der Waals surface area contributed by atoms with Crippen molar-refractivity contribution in [3.05, 3.63) is 70.2 Å². The number of benzene rings is 2. The SMILES string of the molecule is COc1ccc(/C=C2\Oc3c(ccc4c3CC3=C(CC(C)(C)CC3=O)O4)C2=O)cc1. The first-order valence-corrected chi connectivity index (χ1v) is 10.0. The van der Waals surface area contributed by atoms with Gasteiger partial charge in [-0.2, -0.15) is 0 Å². The quantitative estimate of drug-likeness (QED) is 0.670. The summed E-state index contributed by atoms with van der Waals surface area (Å²) >= 11 is 0. The molecular formula is C25H22O5. The summed E-state index contributed by atoms with van der Waals surface area (Å²) in [5.74, 6) is 2.87. The molecule has 2 aromatic rings. The number of rotatable bonds is 2. The molecule has 0 fully saturated rings. The van der Waals surface area contributed by atoms with Crippen LogP contribution in [0.15, 0.2) is 53.5 Å². The van der Waals surface area contributed by atoms with Crippen LogP contribution in [0, 0.1) is 5.41 Å². The predicted molar refractivity (Wildman–Crippen MR) is 112 cm³/mol. The number of allylic oxidation sites excluding steroid dienone is 3. The molecule has 2 aliphatic heterocycles. The molecule has 0 bridgehead atoms. The van der Waals surface area contributed by atoms with Crippen LogP contribution in [-0.4, -0.2) is 18.7 Å². The van der Waals surface area contributed by atoms with Crippen LogP contribution in [0.2, 0.25) is 0 Å². The summed E-state index contributed by atoms with van der Waals surface area (Å²) < 4.78 is 17.3. The van der Waals surface area contributed by atoms with Crippen molar-refractivity contribution in [3.8, 4) is 17.2 Å². The zero-order chi connectivity index (χ0) is 21.0. The van der Waals surface area contributed by atoms with E-state index in [1.807, 2.05) is 30.3 Å². The molecule has 152 valence electrons. The fraction of sp³-hybridized carbons (Fsp3) is 0.280. The second kappa shape index (κ2) is 6.59. The number of carbonyl (C=O) groups is 2. The van der Waals surface area contributed by atoms with E-state index in [-0.39, 0.29) is 22.7 Å². The van der Waals surface area contributed by atoms with Crippen molar-refractivity contribution in [2.45, 2.75) is 33.1 Å². The standard InChI is InChI=1S/C25H22O5/c1-25(2)12-19(26)17-11-18-20(29-22(17)13-25)9-8-16-23(27)21(30-24(16)18)10-14-4-6-15(28-3)7-5-14/h4-10H,11-13H2,1-3H3/b21-10-. The van der Waals surface area contributed by atoms with Gasteiger partial charge in [-0.1, -0.05) is 26.0 Å². The molecule has 1 aliphatic carbocycles. The third kappa shape index (κ3) is 3.02. The number of ether oxygens (including phenoxy) is 3. The minimum Gasteiger partial charge on any atom is -0.497 e. The van der Waals surface area contributed by atoms with E-state index in [0.717, 1.165) is 29.1 Å². The van der Waals surface area contributed by atoms with Gasteiger partial charge in [0.25, 0.3) is 0 Å². The second-order valence-corrected chi connectivity index (χ2v) is 8.75. The van der Waals surface area contributed by atoms with Crippen LogP contribution in [0.5, 0.6) is 17.2 Å². The molecule has 0 unspecified atom stereocenters. The third-order valence-corrected chi connectivity index (χ3v) is 5.85. The van der Waals surface area contributed by atoms with Gasteiger partial charge >= 0.3 is 0 Å². The van der Waals surface area contributed by atoms with Crippen molar-refractivity contribution in [2.75, 3.05) is 7.11 Å². The van der Waals surface area contributed by atoms with E-state index < -0.39 is 0 Å². The van der Waals surface area contributed by atoms with E-state index in [1.165, 1.54) is 0 Å². The van der Waals surface area contributed by atoms with Crippen LogP contribution in [0.25, 0.3) is 6.08 Å². The number of hydrogen-bond acceptors (Lipinski definition) is 5. The Bertz CT molecular complexity index is 1150. The summed E-state index contributed by atoms with van der Waals surface area (Å²) in [5.41, 5.74) is 2.71. The normalized spacial score (nSPS) is 20.3. The zero-order valence-electron chi connectivity index (χ0n) is 17.2. The van der Waals surface area contributed by atoms with E-state index in [4.69, 9.17) is 14.2 Å². The van der Waals surface area contributed by atoms with Gasteiger partial charge in [-0.05, 0) is 41.3 Å². The molecular weight excluding hydrogens is 380 g/mol. The van der Waals surface area contributed by atoms with E-state index in [1.54, 1.807) is 19.3 Å². The second-order valence-electron chi connectivity index (χ2n) is 8.75. The molecule has 0 atom stereocenters. The minimum absolute atomic E-state index is 0.106. The Labute approximate surface area is 174 Å². The van der Waals surface area contributed by atoms with Gasteiger partial charge in [-0.15, -0.1) is 0 Å². The molecule has 0 saturated heterocycles. The summed E-state index contributed by atoms with van der Waals surface area (Å²) in [5, 5.41) is 0. The molecule has 2 aromatic carbocycles. The summed E-state index contributed by atoms with van der Waals surface area (Å²) in [6.07, 6.45) is 3.39. The highest BCUT2D eigenvalue weighted by atomic mass is 16.5. The van der Waals surface area contributed by atoms with Crippen LogP contribution >= 0.6 is 0 Å². The van der Waals surface area contributed by atoms with Crippen molar-refractivity contribution >= 4 is 17.6 Å². The topological polar surface area (TPSA) is 61.8 Å². The molecule has 5 rings (SSSR count). The first kappa shape index (κ1) is 18.7. The van der Waals surface area contributed by atoms with Gasteiger partial charge in [0.1, 0.15) is 23.0 Å². The van der Waals surface area contributed by atoms with Crippen molar-refractivity contribution in [3.63, 3.8) is 0 Å². The fourth-order valence-electron chi connectivity index (χ4n) is 4.31. The number of Topliss-reactive ketones (excluding diaryl/α,β-unsaturated/α-hetero) is 2. The molecule has 5 heteroatoms. The Hall–Kier alpha value is -3.34. The van der Waals surface area contributed by atoms with E-state index >= 15 is 0 Å². The van der Waals surface area contributed by atoms with Gasteiger partial charge in [-0.25, -0.2) is 0 Å². The van der Waals surface area contributed by atoms with Gasteiger partial charge in [0.15, 0.2) is 11.5 Å². The average Bonchev–Trinajstić information content (AvgIpc) is 3.02. The highest BCUT2D eigenvalue weighted by Crippen LogP contribution is 2.47. The number of carbonyl (C=O) groups excluding carboxylic acids is 2.